The lowest BCUT2D eigenvalue weighted by atomic mass is 10.1. The molecule has 0 aliphatic heterocycles. The van der Waals surface area contributed by atoms with E-state index in [1.54, 1.807) is 23.7 Å². The van der Waals surface area contributed by atoms with Crippen molar-refractivity contribution in [2.75, 3.05) is 18.0 Å². The normalized spacial score (nSPS) is 11.3. The molecule has 2 aromatic carbocycles. The molecule has 148 valence electrons. The standard InChI is InChI=1S/C22H21N3O4/c1-4-25(5-2)15-8-6-13-10-16(22(28)29-19(13)12-15)20-23-17-11-14(21(26)27)7-9-18(17)24(20)3/h6-12H,4-5H2,1-3H3,(H,26,27). The minimum Gasteiger partial charge on any atom is -0.478 e. The Hall–Kier alpha value is -3.61. The van der Waals surface area contributed by atoms with E-state index >= 15 is 0 Å². The second-order valence-corrected chi connectivity index (χ2v) is 6.85. The van der Waals surface area contributed by atoms with E-state index < -0.39 is 11.6 Å². The minimum absolute atomic E-state index is 0.150. The zero-order valence-electron chi connectivity index (χ0n) is 16.5. The number of hydrogen-bond donors (Lipinski definition) is 1. The summed E-state index contributed by atoms with van der Waals surface area (Å²) >= 11 is 0. The second kappa shape index (κ2) is 7.09. The number of anilines is 1. The summed E-state index contributed by atoms with van der Waals surface area (Å²) in [5.74, 6) is -0.584. The van der Waals surface area contributed by atoms with Crippen LogP contribution in [0.4, 0.5) is 5.69 Å². The van der Waals surface area contributed by atoms with Gasteiger partial charge in [-0.15, -0.1) is 0 Å². The van der Waals surface area contributed by atoms with Crippen LogP contribution in [0.1, 0.15) is 24.2 Å². The van der Waals surface area contributed by atoms with Crippen LogP contribution in [-0.2, 0) is 7.05 Å². The number of imidazole rings is 1. The Morgan fingerprint density at radius 1 is 1.14 bits per heavy atom. The zero-order valence-corrected chi connectivity index (χ0v) is 16.5. The van der Waals surface area contributed by atoms with E-state index in [1.807, 2.05) is 18.2 Å². The molecule has 0 atom stereocenters. The van der Waals surface area contributed by atoms with Gasteiger partial charge in [-0.1, -0.05) is 0 Å². The predicted octanol–water partition coefficient (Wildman–Crippen LogP) is 3.89. The van der Waals surface area contributed by atoms with Gasteiger partial charge in [0.15, 0.2) is 0 Å². The lowest BCUT2D eigenvalue weighted by Crippen LogP contribution is -2.21. The van der Waals surface area contributed by atoms with Crippen molar-refractivity contribution in [1.29, 1.82) is 0 Å². The van der Waals surface area contributed by atoms with Gasteiger partial charge < -0.3 is 19.0 Å². The third-order valence-electron chi connectivity index (χ3n) is 5.22. The topological polar surface area (TPSA) is 88.6 Å². The fourth-order valence-corrected chi connectivity index (χ4v) is 3.61. The monoisotopic (exact) mass is 391 g/mol. The Kier molecular flexibility index (Phi) is 4.58. The molecule has 2 aromatic heterocycles. The molecule has 0 saturated heterocycles. The van der Waals surface area contributed by atoms with Gasteiger partial charge in [0.25, 0.3) is 0 Å². The molecule has 0 saturated carbocycles. The number of fused-ring (bicyclic) bond motifs is 2. The summed E-state index contributed by atoms with van der Waals surface area (Å²) in [4.78, 5) is 30.6. The van der Waals surface area contributed by atoms with Gasteiger partial charge in [-0.25, -0.2) is 14.6 Å². The molecule has 1 N–H and O–H groups in total. The molecular weight excluding hydrogens is 370 g/mol. The average Bonchev–Trinajstić information content (AvgIpc) is 3.04. The van der Waals surface area contributed by atoms with Crippen molar-refractivity contribution in [2.24, 2.45) is 7.05 Å². The fraction of sp³-hybridized carbons (Fsp3) is 0.227. The van der Waals surface area contributed by atoms with Crippen molar-refractivity contribution < 1.29 is 14.3 Å². The molecule has 0 radical (unpaired) electrons. The number of aromatic carboxylic acids is 1. The van der Waals surface area contributed by atoms with Crippen LogP contribution in [0.3, 0.4) is 0 Å². The molecule has 4 rings (SSSR count). The van der Waals surface area contributed by atoms with E-state index in [0.29, 0.717) is 22.5 Å². The van der Waals surface area contributed by atoms with Crippen LogP contribution in [0.5, 0.6) is 0 Å². The first-order chi connectivity index (χ1) is 13.9. The van der Waals surface area contributed by atoms with Gasteiger partial charge in [0, 0.05) is 37.3 Å². The van der Waals surface area contributed by atoms with E-state index in [1.165, 1.54) is 12.1 Å². The molecule has 4 aromatic rings. The van der Waals surface area contributed by atoms with Crippen LogP contribution in [-0.4, -0.2) is 33.7 Å². The van der Waals surface area contributed by atoms with E-state index in [4.69, 9.17) is 4.42 Å². The van der Waals surface area contributed by atoms with Crippen LogP contribution in [0, 0.1) is 0 Å². The number of nitrogens with zero attached hydrogens (tertiary/aromatic N) is 3. The summed E-state index contributed by atoms with van der Waals surface area (Å²) in [6, 6.07) is 12.3. The van der Waals surface area contributed by atoms with Gasteiger partial charge in [0.2, 0.25) is 0 Å². The summed E-state index contributed by atoms with van der Waals surface area (Å²) in [7, 11) is 1.79. The predicted molar refractivity (Wildman–Crippen MR) is 113 cm³/mol. The molecule has 0 unspecified atom stereocenters. The smallest absolute Gasteiger partial charge is 0.347 e. The summed E-state index contributed by atoms with van der Waals surface area (Å²) in [5, 5.41) is 9.99. The summed E-state index contributed by atoms with van der Waals surface area (Å²) in [6.45, 7) is 5.88. The number of hydrogen-bond acceptors (Lipinski definition) is 5. The van der Waals surface area contributed by atoms with E-state index in [9.17, 15) is 14.7 Å². The maximum Gasteiger partial charge on any atom is 0.347 e. The van der Waals surface area contributed by atoms with Gasteiger partial charge in [-0.3, -0.25) is 0 Å². The highest BCUT2D eigenvalue weighted by Gasteiger charge is 2.17. The third-order valence-corrected chi connectivity index (χ3v) is 5.22. The first-order valence-electron chi connectivity index (χ1n) is 9.46. The van der Waals surface area contributed by atoms with Gasteiger partial charge in [0.1, 0.15) is 17.0 Å². The molecule has 2 heterocycles. The van der Waals surface area contributed by atoms with Crippen LogP contribution in [0.15, 0.2) is 51.7 Å². The van der Waals surface area contributed by atoms with Crippen LogP contribution in [0.25, 0.3) is 33.4 Å². The number of aryl methyl sites for hydroxylation is 1. The first kappa shape index (κ1) is 18.7. The van der Waals surface area contributed by atoms with Gasteiger partial charge in [-0.2, -0.15) is 0 Å². The lowest BCUT2D eigenvalue weighted by Gasteiger charge is -2.21. The van der Waals surface area contributed by atoms with Crippen molar-refractivity contribution in [3.05, 3.63) is 58.4 Å². The van der Waals surface area contributed by atoms with Crippen molar-refractivity contribution in [3.8, 4) is 11.4 Å². The Morgan fingerprint density at radius 2 is 1.90 bits per heavy atom. The van der Waals surface area contributed by atoms with Crippen molar-refractivity contribution in [1.82, 2.24) is 9.55 Å². The molecule has 7 nitrogen and oxygen atoms in total. The molecule has 0 amide bonds. The van der Waals surface area contributed by atoms with Crippen molar-refractivity contribution in [2.45, 2.75) is 13.8 Å². The maximum atomic E-state index is 12.7. The highest BCUT2D eigenvalue weighted by Crippen LogP contribution is 2.27. The van der Waals surface area contributed by atoms with E-state index in [0.717, 1.165) is 29.7 Å². The average molecular weight is 391 g/mol. The molecular formula is C22H21N3O4. The van der Waals surface area contributed by atoms with Gasteiger partial charge >= 0.3 is 11.6 Å². The third kappa shape index (κ3) is 3.14. The SMILES string of the molecule is CCN(CC)c1ccc2cc(-c3nc4cc(C(=O)O)ccc4n3C)c(=O)oc2c1. The van der Waals surface area contributed by atoms with Crippen molar-refractivity contribution in [3.63, 3.8) is 0 Å². The quantitative estimate of drug-likeness (QED) is 0.519. The Balaban J connectivity index is 1.86. The van der Waals surface area contributed by atoms with Crippen LogP contribution < -0.4 is 10.5 Å². The van der Waals surface area contributed by atoms with E-state index in [2.05, 4.69) is 23.7 Å². The van der Waals surface area contributed by atoms with Crippen molar-refractivity contribution >= 4 is 33.7 Å². The van der Waals surface area contributed by atoms with Gasteiger partial charge in [-0.05, 0) is 50.2 Å². The first-order valence-corrected chi connectivity index (χ1v) is 9.46. The Labute approximate surface area is 166 Å². The van der Waals surface area contributed by atoms with E-state index in [-0.39, 0.29) is 5.56 Å². The number of aromatic nitrogens is 2. The fourth-order valence-electron chi connectivity index (χ4n) is 3.61. The van der Waals surface area contributed by atoms with Crippen LogP contribution in [0.2, 0.25) is 0 Å². The summed E-state index contributed by atoms with van der Waals surface area (Å²) in [6.07, 6.45) is 0. The largest absolute Gasteiger partial charge is 0.478 e. The molecule has 0 aliphatic rings. The maximum absolute atomic E-state index is 12.7. The lowest BCUT2D eigenvalue weighted by molar-refractivity contribution is 0.0697. The number of carboxylic acid groups (broad SMARTS) is 1. The molecule has 0 aliphatic carbocycles. The molecule has 29 heavy (non-hydrogen) atoms. The molecule has 0 bridgehead atoms. The number of benzene rings is 2. The zero-order chi connectivity index (χ0) is 20.7. The number of carbonyl (C=O) groups is 1. The molecule has 0 fully saturated rings. The highest BCUT2D eigenvalue weighted by atomic mass is 16.4. The Morgan fingerprint density at radius 3 is 2.59 bits per heavy atom. The van der Waals surface area contributed by atoms with Crippen LogP contribution >= 0.6 is 0 Å². The number of carboxylic acids is 1. The summed E-state index contributed by atoms with van der Waals surface area (Å²) in [5.41, 5.74) is 2.78. The Bertz CT molecular complexity index is 1300. The number of rotatable bonds is 5. The highest BCUT2D eigenvalue weighted by molar-refractivity contribution is 5.93. The molecule has 0 spiro atoms. The van der Waals surface area contributed by atoms with Gasteiger partial charge in [0.05, 0.1) is 16.6 Å². The minimum atomic E-state index is -1.02. The molecule has 7 heteroatoms. The second-order valence-electron chi connectivity index (χ2n) is 6.85. The summed E-state index contributed by atoms with van der Waals surface area (Å²) < 4.78 is 7.38.